The summed E-state index contributed by atoms with van der Waals surface area (Å²) in [5, 5.41) is 16.8. The third-order valence-electron chi connectivity index (χ3n) is 6.12. The number of carbonyl (C=O) groups excluding carboxylic acids is 1. The van der Waals surface area contributed by atoms with Gasteiger partial charge in [-0.1, -0.05) is 75.4 Å². The van der Waals surface area contributed by atoms with Crippen LogP contribution in [-0.4, -0.2) is 60.2 Å². The summed E-state index contributed by atoms with van der Waals surface area (Å²) in [6.45, 7) is 13.0. The van der Waals surface area contributed by atoms with Gasteiger partial charge in [-0.05, 0) is 41.5 Å². The van der Waals surface area contributed by atoms with E-state index in [1.807, 2.05) is 17.0 Å². The molecule has 0 aliphatic heterocycles. The number of nitrogens with zero attached hydrogens (tertiary/aromatic N) is 1. The fourth-order valence-corrected chi connectivity index (χ4v) is 5.17. The molecular formula is C28H40N4O3S. The SMILES string of the molecule is C[C@H](CNCCC(=O)N(CCNCCc1ccc(O)c2[nH]c(=O)sc12)CC(C)(C)C)c1ccccc1. The van der Waals surface area contributed by atoms with E-state index >= 15 is 0 Å². The van der Waals surface area contributed by atoms with Crippen LogP contribution in [0.25, 0.3) is 10.2 Å². The lowest BCUT2D eigenvalue weighted by Gasteiger charge is -2.30. The van der Waals surface area contributed by atoms with Crippen molar-refractivity contribution in [2.75, 3.05) is 39.3 Å². The molecule has 7 nitrogen and oxygen atoms in total. The van der Waals surface area contributed by atoms with Crippen molar-refractivity contribution in [1.29, 1.82) is 0 Å². The second-order valence-electron chi connectivity index (χ2n) is 10.6. The zero-order chi connectivity index (χ0) is 26.1. The van der Waals surface area contributed by atoms with Crippen molar-refractivity contribution in [3.05, 3.63) is 63.3 Å². The third-order valence-corrected chi connectivity index (χ3v) is 7.08. The van der Waals surface area contributed by atoms with Crippen LogP contribution >= 0.6 is 11.3 Å². The van der Waals surface area contributed by atoms with Gasteiger partial charge in [0, 0.05) is 39.1 Å². The van der Waals surface area contributed by atoms with Gasteiger partial charge >= 0.3 is 4.87 Å². The summed E-state index contributed by atoms with van der Waals surface area (Å²) in [5.74, 6) is 0.669. The largest absolute Gasteiger partial charge is 0.506 e. The number of hydrogen-bond donors (Lipinski definition) is 4. The van der Waals surface area contributed by atoms with Gasteiger partial charge in [-0.2, -0.15) is 0 Å². The molecule has 3 rings (SSSR count). The predicted molar refractivity (Wildman–Crippen MR) is 149 cm³/mol. The normalized spacial score (nSPS) is 12.7. The minimum Gasteiger partial charge on any atom is -0.506 e. The van der Waals surface area contributed by atoms with E-state index in [-0.39, 0.29) is 21.9 Å². The van der Waals surface area contributed by atoms with E-state index in [9.17, 15) is 14.7 Å². The molecule has 0 unspecified atom stereocenters. The topological polar surface area (TPSA) is 97.5 Å². The summed E-state index contributed by atoms with van der Waals surface area (Å²) in [5.41, 5.74) is 2.86. The first kappa shape index (κ1) is 27.9. The van der Waals surface area contributed by atoms with Crippen molar-refractivity contribution in [2.45, 2.75) is 46.5 Å². The molecule has 0 aliphatic rings. The van der Waals surface area contributed by atoms with Gasteiger partial charge in [-0.25, -0.2) is 0 Å². The first-order valence-corrected chi connectivity index (χ1v) is 13.5. The number of aromatic hydroxyl groups is 1. The Morgan fingerprint density at radius 2 is 1.83 bits per heavy atom. The first-order valence-electron chi connectivity index (χ1n) is 12.7. The molecule has 0 radical (unpaired) electrons. The van der Waals surface area contributed by atoms with E-state index < -0.39 is 0 Å². The maximum atomic E-state index is 13.0. The number of aromatic amines is 1. The standard InChI is InChI=1S/C28H40N4O3S/c1-20(21-8-6-5-7-9-21)18-30-15-13-24(34)32(19-28(2,3)4)17-16-29-14-12-22-10-11-23(33)25-26(22)36-27(35)31-25/h5-11,20,29-30,33H,12-19H2,1-4H3,(H,31,35)/t20-/m1/s1. The molecular weight excluding hydrogens is 472 g/mol. The van der Waals surface area contributed by atoms with Gasteiger partial charge in [0.25, 0.3) is 0 Å². The Morgan fingerprint density at radius 3 is 2.56 bits per heavy atom. The quantitative estimate of drug-likeness (QED) is 0.259. The van der Waals surface area contributed by atoms with Gasteiger partial charge < -0.3 is 25.6 Å². The van der Waals surface area contributed by atoms with E-state index in [0.717, 1.165) is 41.1 Å². The van der Waals surface area contributed by atoms with Crippen LogP contribution in [0.2, 0.25) is 0 Å². The van der Waals surface area contributed by atoms with Crippen molar-refractivity contribution >= 4 is 27.5 Å². The molecule has 0 saturated heterocycles. The lowest BCUT2D eigenvalue weighted by atomic mass is 9.96. The molecule has 4 N–H and O–H groups in total. The number of hydrogen-bond acceptors (Lipinski definition) is 6. The van der Waals surface area contributed by atoms with Crippen LogP contribution in [0.3, 0.4) is 0 Å². The van der Waals surface area contributed by atoms with Gasteiger partial charge in [0.15, 0.2) is 0 Å². The Labute approximate surface area is 217 Å². The van der Waals surface area contributed by atoms with E-state index in [4.69, 9.17) is 0 Å². The maximum absolute atomic E-state index is 13.0. The molecule has 0 bridgehead atoms. The first-order chi connectivity index (χ1) is 17.1. The molecule has 0 aliphatic carbocycles. The average molecular weight is 513 g/mol. The molecule has 1 aromatic heterocycles. The summed E-state index contributed by atoms with van der Waals surface area (Å²) in [6.07, 6.45) is 1.22. The van der Waals surface area contributed by atoms with Crippen LogP contribution in [0.15, 0.2) is 47.3 Å². The Hall–Kier alpha value is -2.68. The number of fused-ring (bicyclic) bond motifs is 1. The fraction of sp³-hybridized carbons (Fsp3) is 0.500. The van der Waals surface area contributed by atoms with Crippen LogP contribution in [0.1, 0.15) is 51.2 Å². The number of thiazole rings is 1. The van der Waals surface area contributed by atoms with Crippen molar-refractivity contribution in [1.82, 2.24) is 20.5 Å². The lowest BCUT2D eigenvalue weighted by molar-refractivity contribution is -0.132. The van der Waals surface area contributed by atoms with Gasteiger partial charge in [0.2, 0.25) is 5.91 Å². The number of benzene rings is 2. The van der Waals surface area contributed by atoms with Gasteiger partial charge in [-0.3, -0.25) is 9.59 Å². The number of amides is 1. The summed E-state index contributed by atoms with van der Waals surface area (Å²) in [7, 11) is 0. The van der Waals surface area contributed by atoms with Crippen molar-refractivity contribution in [2.24, 2.45) is 5.41 Å². The number of H-pyrrole nitrogens is 1. The highest BCUT2D eigenvalue weighted by Crippen LogP contribution is 2.27. The fourth-order valence-electron chi connectivity index (χ4n) is 4.27. The molecule has 0 spiro atoms. The third kappa shape index (κ3) is 8.47. The Kier molecular flexibility index (Phi) is 10.1. The Morgan fingerprint density at radius 1 is 1.08 bits per heavy atom. The van der Waals surface area contributed by atoms with Gasteiger partial charge in [-0.15, -0.1) is 0 Å². The van der Waals surface area contributed by atoms with Crippen LogP contribution in [-0.2, 0) is 11.2 Å². The molecule has 0 fully saturated rings. The van der Waals surface area contributed by atoms with Crippen molar-refractivity contribution < 1.29 is 9.90 Å². The molecule has 196 valence electrons. The zero-order valence-corrected chi connectivity index (χ0v) is 22.7. The number of phenols is 1. The minimum atomic E-state index is -0.166. The van der Waals surface area contributed by atoms with Gasteiger partial charge in [0.1, 0.15) is 11.3 Å². The molecule has 8 heteroatoms. The van der Waals surface area contributed by atoms with Crippen LogP contribution in [0, 0.1) is 5.41 Å². The summed E-state index contributed by atoms with van der Waals surface area (Å²) < 4.78 is 0.806. The average Bonchev–Trinajstić information content (AvgIpc) is 3.24. The number of phenolic OH excluding ortho intramolecular Hbond substituents is 1. The van der Waals surface area contributed by atoms with Crippen LogP contribution in [0.4, 0.5) is 0 Å². The Balaban J connectivity index is 1.43. The monoisotopic (exact) mass is 512 g/mol. The van der Waals surface area contributed by atoms with Crippen molar-refractivity contribution in [3.63, 3.8) is 0 Å². The number of rotatable bonds is 13. The zero-order valence-electron chi connectivity index (χ0n) is 21.9. The second-order valence-corrected chi connectivity index (χ2v) is 11.6. The molecule has 0 saturated carbocycles. The minimum absolute atomic E-state index is 0.0221. The number of aromatic nitrogens is 1. The second kappa shape index (κ2) is 13.0. The summed E-state index contributed by atoms with van der Waals surface area (Å²) in [4.78, 5) is 29.2. The van der Waals surface area contributed by atoms with E-state index in [1.165, 1.54) is 5.56 Å². The summed E-state index contributed by atoms with van der Waals surface area (Å²) >= 11 is 1.12. The highest BCUT2D eigenvalue weighted by molar-refractivity contribution is 7.16. The van der Waals surface area contributed by atoms with E-state index in [2.05, 4.69) is 67.6 Å². The molecule has 1 atom stereocenters. The van der Waals surface area contributed by atoms with Crippen LogP contribution in [0.5, 0.6) is 5.75 Å². The molecule has 36 heavy (non-hydrogen) atoms. The molecule has 1 amide bonds. The number of nitrogens with one attached hydrogen (secondary N) is 3. The lowest BCUT2D eigenvalue weighted by Crippen LogP contribution is -2.42. The van der Waals surface area contributed by atoms with E-state index in [0.29, 0.717) is 44.0 Å². The van der Waals surface area contributed by atoms with Gasteiger partial charge in [0.05, 0.1) is 4.70 Å². The smallest absolute Gasteiger partial charge is 0.305 e. The van der Waals surface area contributed by atoms with E-state index in [1.54, 1.807) is 6.07 Å². The van der Waals surface area contributed by atoms with Crippen LogP contribution < -0.4 is 15.5 Å². The highest BCUT2D eigenvalue weighted by Gasteiger charge is 2.20. The summed E-state index contributed by atoms with van der Waals surface area (Å²) in [6, 6.07) is 13.9. The molecule has 3 aromatic rings. The number of carbonyl (C=O) groups is 1. The van der Waals surface area contributed by atoms with Crippen molar-refractivity contribution in [3.8, 4) is 5.75 Å². The maximum Gasteiger partial charge on any atom is 0.305 e. The highest BCUT2D eigenvalue weighted by atomic mass is 32.1. The molecule has 2 aromatic carbocycles. The Bertz CT molecular complexity index is 1170. The molecule has 1 heterocycles. The predicted octanol–water partition coefficient (Wildman–Crippen LogP) is 4.09.